The highest BCUT2D eigenvalue weighted by atomic mass is 35.5. The highest BCUT2D eigenvalue weighted by Gasteiger charge is 2.33. The van der Waals surface area contributed by atoms with Gasteiger partial charge in [-0.05, 0) is 72.4 Å². The first-order valence-electron chi connectivity index (χ1n) is 10.3. The van der Waals surface area contributed by atoms with E-state index in [1.54, 1.807) is 0 Å². The normalized spacial score (nSPS) is 16.6. The lowest BCUT2D eigenvalue weighted by molar-refractivity contribution is -0.147. The molecule has 0 aromatic heterocycles. The summed E-state index contributed by atoms with van der Waals surface area (Å²) in [5, 5.41) is 9.79. The third-order valence-electron chi connectivity index (χ3n) is 5.95. The third kappa shape index (κ3) is 5.70. The van der Waals surface area contributed by atoms with Crippen LogP contribution in [-0.2, 0) is 11.2 Å². The van der Waals surface area contributed by atoms with Crippen LogP contribution in [0.5, 0.6) is 5.75 Å². The number of hydrogen-bond donors (Lipinski definition) is 1. The molecule has 0 bridgehead atoms. The number of rotatable bonds is 7. The lowest BCUT2D eigenvalue weighted by atomic mass is 9.85. The number of carbonyl (C=O) groups is 1. The molecule has 1 fully saturated rings. The molecular weight excluding hydrogens is 433 g/mol. The van der Waals surface area contributed by atoms with Gasteiger partial charge in [0, 0.05) is 24.7 Å². The van der Waals surface area contributed by atoms with Crippen molar-refractivity contribution in [3.05, 3.63) is 75.8 Å². The molecule has 6 heteroatoms. The number of benzene rings is 2. The van der Waals surface area contributed by atoms with Gasteiger partial charge in [-0.3, -0.25) is 9.69 Å². The van der Waals surface area contributed by atoms with E-state index in [0.29, 0.717) is 19.7 Å². The van der Waals surface area contributed by atoms with Gasteiger partial charge < -0.3 is 9.84 Å². The van der Waals surface area contributed by atoms with E-state index in [0.717, 1.165) is 35.7 Å². The molecule has 2 aliphatic rings. The SMILES string of the molecule is CC1=C(CN2CC(C(=O)O)C2)CCc2cc(OC/C=C/c3ccc(Cl)cc3)ccc21.Cl. The quantitative estimate of drug-likeness (QED) is 0.585. The van der Waals surface area contributed by atoms with Crippen molar-refractivity contribution in [2.75, 3.05) is 26.2 Å². The number of likely N-dealkylation sites (tertiary alicyclic amines) is 1. The molecule has 164 valence electrons. The number of nitrogens with zero attached hydrogens (tertiary/aromatic N) is 1. The lowest BCUT2D eigenvalue weighted by Gasteiger charge is -2.38. The molecule has 1 N–H and O–H groups in total. The van der Waals surface area contributed by atoms with Crippen LogP contribution in [0.15, 0.2) is 54.1 Å². The number of hydrogen-bond acceptors (Lipinski definition) is 3. The molecule has 4 nitrogen and oxygen atoms in total. The van der Waals surface area contributed by atoms with Crippen molar-refractivity contribution in [2.45, 2.75) is 19.8 Å². The van der Waals surface area contributed by atoms with E-state index in [4.69, 9.17) is 21.4 Å². The van der Waals surface area contributed by atoms with Crippen LogP contribution in [0.2, 0.25) is 5.02 Å². The van der Waals surface area contributed by atoms with Crippen molar-refractivity contribution in [1.82, 2.24) is 4.90 Å². The molecule has 0 atom stereocenters. The molecule has 1 aliphatic heterocycles. The molecule has 0 spiro atoms. The van der Waals surface area contributed by atoms with Gasteiger partial charge >= 0.3 is 5.97 Å². The van der Waals surface area contributed by atoms with Gasteiger partial charge in [0.25, 0.3) is 0 Å². The zero-order chi connectivity index (χ0) is 21.1. The van der Waals surface area contributed by atoms with E-state index >= 15 is 0 Å². The highest BCUT2D eigenvalue weighted by molar-refractivity contribution is 6.30. The maximum atomic E-state index is 11.0. The van der Waals surface area contributed by atoms with Crippen molar-refractivity contribution in [1.29, 1.82) is 0 Å². The first kappa shape index (κ1) is 23.4. The number of allylic oxidation sites excluding steroid dienone is 1. The number of aryl methyl sites for hydroxylation is 1. The van der Waals surface area contributed by atoms with Gasteiger partial charge in [0.2, 0.25) is 0 Å². The van der Waals surface area contributed by atoms with Crippen molar-refractivity contribution in [3.63, 3.8) is 0 Å². The summed E-state index contributed by atoms with van der Waals surface area (Å²) in [4.78, 5) is 13.2. The molecule has 0 saturated carbocycles. The van der Waals surface area contributed by atoms with Crippen molar-refractivity contribution < 1.29 is 14.6 Å². The minimum absolute atomic E-state index is 0. The Hall–Kier alpha value is -2.27. The number of ether oxygens (including phenoxy) is 1. The Labute approximate surface area is 194 Å². The fourth-order valence-electron chi connectivity index (χ4n) is 4.12. The number of aliphatic carboxylic acids is 1. The Kier molecular flexibility index (Phi) is 7.82. The van der Waals surface area contributed by atoms with Crippen LogP contribution in [0.3, 0.4) is 0 Å². The van der Waals surface area contributed by atoms with Crippen LogP contribution in [0.1, 0.15) is 30.0 Å². The summed E-state index contributed by atoms with van der Waals surface area (Å²) in [6, 6.07) is 14.0. The fourth-order valence-corrected chi connectivity index (χ4v) is 4.25. The number of carboxylic acid groups (broad SMARTS) is 1. The molecular formula is C25H27Cl2NO3. The summed E-state index contributed by atoms with van der Waals surface area (Å²) < 4.78 is 5.91. The van der Waals surface area contributed by atoms with E-state index < -0.39 is 5.97 Å². The average molecular weight is 460 g/mol. The first-order chi connectivity index (χ1) is 14.5. The van der Waals surface area contributed by atoms with Gasteiger partial charge in [-0.15, -0.1) is 12.4 Å². The molecule has 2 aromatic rings. The number of carboxylic acids is 1. The van der Waals surface area contributed by atoms with Gasteiger partial charge in [-0.2, -0.15) is 0 Å². The van der Waals surface area contributed by atoms with Crippen LogP contribution in [0.25, 0.3) is 11.6 Å². The minimum Gasteiger partial charge on any atom is -0.490 e. The van der Waals surface area contributed by atoms with Crippen molar-refractivity contribution in [2.24, 2.45) is 5.92 Å². The predicted molar refractivity (Wildman–Crippen MR) is 128 cm³/mol. The maximum absolute atomic E-state index is 11.0. The average Bonchev–Trinajstić information content (AvgIpc) is 2.70. The highest BCUT2D eigenvalue weighted by Crippen LogP contribution is 2.34. The molecule has 31 heavy (non-hydrogen) atoms. The molecule has 2 aromatic carbocycles. The molecule has 0 amide bonds. The van der Waals surface area contributed by atoms with Crippen molar-refractivity contribution in [3.8, 4) is 5.75 Å². The van der Waals surface area contributed by atoms with Gasteiger partial charge in [0.05, 0.1) is 5.92 Å². The van der Waals surface area contributed by atoms with Gasteiger partial charge in [0.15, 0.2) is 0 Å². The van der Waals surface area contributed by atoms with Gasteiger partial charge in [-0.1, -0.05) is 41.4 Å². The maximum Gasteiger partial charge on any atom is 0.309 e. The van der Waals surface area contributed by atoms with Crippen LogP contribution in [0.4, 0.5) is 0 Å². The molecule has 1 heterocycles. The largest absolute Gasteiger partial charge is 0.490 e. The van der Waals surface area contributed by atoms with E-state index in [1.807, 2.05) is 42.5 Å². The monoisotopic (exact) mass is 459 g/mol. The molecule has 4 rings (SSSR count). The Morgan fingerprint density at radius 2 is 1.94 bits per heavy atom. The van der Waals surface area contributed by atoms with Crippen LogP contribution < -0.4 is 4.74 Å². The summed E-state index contributed by atoms with van der Waals surface area (Å²) in [6.07, 6.45) is 6.05. The van der Waals surface area contributed by atoms with Crippen LogP contribution >= 0.6 is 24.0 Å². The fraction of sp³-hybridized carbons (Fsp3) is 0.320. The van der Waals surface area contributed by atoms with Crippen molar-refractivity contribution >= 4 is 41.6 Å². The van der Waals surface area contributed by atoms with Gasteiger partial charge in [0.1, 0.15) is 12.4 Å². The molecule has 0 radical (unpaired) electrons. The summed E-state index contributed by atoms with van der Waals surface area (Å²) in [6.45, 7) is 4.89. The Morgan fingerprint density at radius 1 is 1.19 bits per heavy atom. The first-order valence-corrected chi connectivity index (χ1v) is 10.7. The molecule has 1 saturated heterocycles. The van der Waals surface area contributed by atoms with E-state index in [-0.39, 0.29) is 18.3 Å². The summed E-state index contributed by atoms with van der Waals surface area (Å²) in [7, 11) is 0. The number of halogens is 2. The zero-order valence-electron chi connectivity index (χ0n) is 17.5. The summed E-state index contributed by atoms with van der Waals surface area (Å²) >= 11 is 5.91. The second-order valence-electron chi connectivity index (χ2n) is 8.04. The minimum atomic E-state index is -0.679. The summed E-state index contributed by atoms with van der Waals surface area (Å²) in [5.41, 5.74) is 6.45. The second-order valence-corrected chi connectivity index (χ2v) is 8.48. The molecule has 1 aliphatic carbocycles. The topological polar surface area (TPSA) is 49.8 Å². The van der Waals surface area contributed by atoms with E-state index in [9.17, 15) is 4.79 Å². The van der Waals surface area contributed by atoms with Gasteiger partial charge in [-0.25, -0.2) is 0 Å². The number of fused-ring (bicyclic) bond motifs is 1. The summed E-state index contributed by atoms with van der Waals surface area (Å²) in [5.74, 6) is 0.00881. The zero-order valence-corrected chi connectivity index (χ0v) is 19.1. The van der Waals surface area contributed by atoms with Crippen LogP contribution in [-0.4, -0.2) is 42.2 Å². The van der Waals surface area contributed by atoms with E-state index in [1.165, 1.54) is 22.3 Å². The Balaban J connectivity index is 0.00000272. The van der Waals surface area contributed by atoms with Crippen LogP contribution in [0, 0.1) is 5.92 Å². The predicted octanol–water partition coefficient (Wildman–Crippen LogP) is 5.59. The smallest absolute Gasteiger partial charge is 0.309 e. The standard InChI is InChI=1S/C25H26ClNO3.ClH/c1-17-20(14-27-15-21(16-27)25(28)29)7-6-19-13-23(10-11-24(17)19)30-12-2-3-18-4-8-22(26)9-5-18;/h2-5,8-11,13,21H,6-7,12,14-16H2,1H3,(H,28,29);1H/b3-2+;. The second kappa shape index (κ2) is 10.4. The molecule has 0 unspecified atom stereocenters. The Morgan fingerprint density at radius 3 is 2.65 bits per heavy atom. The Bertz CT molecular complexity index is 992. The van der Waals surface area contributed by atoms with E-state index in [2.05, 4.69) is 24.0 Å². The third-order valence-corrected chi connectivity index (χ3v) is 6.21. The lowest BCUT2D eigenvalue weighted by Crippen LogP contribution is -2.50.